The topological polar surface area (TPSA) is 58.9 Å². The van der Waals surface area contributed by atoms with Crippen LogP contribution in [-0.4, -0.2) is 23.7 Å². The van der Waals surface area contributed by atoms with E-state index in [1.165, 1.54) is 0 Å². The predicted molar refractivity (Wildman–Crippen MR) is 104 cm³/mol. The van der Waals surface area contributed by atoms with Crippen molar-refractivity contribution in [3.63, 3.8) is 0 Å². The summed E-state index contributed by atoms with van der Waals surface area (Å²) in [5.74, 6) is 1.81. The Morgan fingerprint density at radius 1 is 0.800 bits per heavy atom. The summed E-state index contributed by atoms with van der Waals surface area (Å²) in [4.78, 5) is 30.6. The second-order valence-corrected chi connectivity index (χ2v) is 7.66. The third-order valence-corrected chi connectivity index (χ3v) is 5.24. The van der Waals surface area contributed by atoms with Crippen LogP contribution in [0.2, 0.25) is 0 Å². The molecule has 4 nitrogen and oxygen atoms in total. The zero-order chi connectivity index (χ0) is 18.1. The highest BCUT2D eigenvalue weighted by Gasteiger charge is 2.07. The standard InChI is InChI=1S/C19H18N2O2S2/c1-3-24-18-10-14(5-7-16(18)20-12-22)9-15-6-8-17(21-13-23)19(11-15)25-4-2/h5-8,10-11H,3-4,9H2,1-2H3. The predicted octanol–water partition coefficient (Wildman–Crippen LogP) is 5.44. The first kappa shape index (κ1) is 19.2. The van der Waals surface area contributed by atoms with Crippen LogP contribution in [0.3, 0.4) is 0 Å². The van der Waals surface area contributed by atoms with Crippen molar-refractivity contribution in [2.45, 2.75) is 30.1 Å². The van der Waals surface area contributed by atoms with Gasteiger partial charge >= 0.3 is 0 Å². The van der Waals surface area contributed by atoms with Gasteiger partial charge in [-0.3, -0.25) is 0 Å². The minimum Gasteiger partial charge on any atom is -0.211 e. The van der Waals surface area contributed by atoms with Gasteiger partial charge in [0, 0.05) is 9.79 Å². The Hall–Kier alpha value is -2.10. The molecule has 0 N–H and O–H groups in total. The number of nitrogens with zero attached hydrogens (tertiary/aromatic N) is 2. The molecule has 2 rings (SSSR count). The molecule has 0 saturated carbocycles. The molecule has 0 atom stereocenters. The second-order valence-electron chi connectivity index (χ2n) is 5.05. The van der Waals surface area contributed by atoms with E-state index in [0.29, 0.717) is 11.4 Å². The van der Waals surface area contributed by atoms with E-state index < -0.39 is 0 Å². The number of rotatable bonds is 8. The van der Waals surface area contributed by atoms with Crippen molar-refractivity contribution < 1.29 is 9.59 Å². The largest absolute Gasteiger partial charge is 0.240 e. The summed E-state index contributed by atoms with van der Waals surface area (Å²) in [5.41, 5.74) is 3.59. The van der Waals surface area contributed by atoms with Crippen LogP contribution in [-0.2, 0) is 16.0 Å². The van der Waals surface area contributed by atoms with Crippen LogP contribution in [0.25, 0.3) is 0 Å². The number of carbonyl (C=O) groups excluding carboxylic acids is 2. The zero-order valence-electron chi connectivity index (χ0n) is 14.1. The Balaban J connectivity index is 2.32. The fraction of sp³-hybridized carbons (Fsp3) is 0.263. The van der Waals surface area contributed by atoms with Crippen molar-refractivity contribution >= 4 is 47.1 Å². The summed E-state index contributed by atoms with van der Waals surface area (Å²) < 4.78 is 0. The number of benzene rings is 2. The van der Waals surface area contributed by atoms with Crippen molar-refractivity contribution in [2.75, 3.05) is 11.5 Å². The van der Waals surface area contributed by atoms with Crippen LogP contribution >= 0.6 is 23.5 Å². The molecule has 2 aromatic rings. The number of aliphatic imine (C=N–C) groups is 2. The van der Waals surface area contributed by atoms with E-state index in [9.17, 15) is 9.59 Å². The van der Waals surface area contributed by atoms with E-state index in [1.807, 2.05) is 24.3 Å². The van der Waals surface area contributed by atoms with Gasteiger partial charge in [-0.2, -0.15) is 9.98 Å². The van der Waals surface area contributed by atoms with Crippen molar-refractivity contribution in [1.82, 2.24) is 0 Å². The first-order valence-corrected chi connectivity index (χ1v) is 9.86. The van der Waals surface area contributed by atoms with Crippen LogP contribution in [0, 0.1) is 0 Å². The van der Waals surface area contributed by atoms with Gasteiger partial charge in [-0.15, -0.1) is 23.5 Å². The van der Waals surface area contributed by atoms with E-state index in [0.717, 1.165) is 38.8 Å². The molecule has 0 spiro atoms. The second kappa shape index (κ2) is 10.0. The van der Waals surface area contributed by atoms with Crippen molar-refractivity contribution in [2.24, 2.45) is 9.98 Å². The van der Waals surface area contributed by atoms with Crippen LogP contribution in [0.5, 0.6) is 0 Å². The SMILES string of the molecule is CCSc1cc(Cc2ccc(N=C=O)c(SCC)c2)ccc1N=C=O. The number of thioether (sulfide) groups is 2. The molecule has 25 heavy (non-hydrogen) atoms. The Bertz CT molecular complexity index is 770. The first-order chi connectivity index (χ1) is 12.2. The Morgan fingerprint density at radius 2 is 1.24 bits per heavy atom. The average Bonchev–Trinajstić information content (AvgIpc) is 2.60. The van der Waals surface area contributed by atoms with Crippen LogP contribution in [0.1, 0.15) is 25.0 Å². The lowest BCUT2D eigenvalue weighted by Crippen LogP contribution is -1.90. The maximum absolute atomic E-state index is 10.6. The minimum atomic E-state index is 0.656. The molecule has 128 valence electrons. The molecular formula is C19H18N2O2S2. The molecule has 0 aliphatic heterocycles. The molecule has 0 aliphatic rings. The fourth-order valence-electron chi connectivity index (χ4n) is 2.40. The van der Waals surface area contributed by atoms with Gasteiger partial charge in [-0.05, 0) is 53.3 Å². The fourth-order valence-corrected chi connectivity index (χ4v) is 4.01. The van der Waals surface area contributed by atoms with Gasteiger partial charge in [0.25, 0.3) is 0 Å². The van der Waals surface area contributed by atoms with Crippen LogP contribution < -0.4 is 0 Å². The molecule has 0 heterocycles. The summed E-state index contributed by atoms with van der Waals surface area (Å²) in [5, 5.41) is 0. The Labute approximate surface area is 155 Å². The summed E-state index contributed by atoms with van der Waals surface area (Å²) >= 11 is 3.30. The third kappa shape index (κ3) is 5.45. The van der Waals surface area contributed by atoms with E-state index in [-0.39, 0.29) is 0 Å². The summed E-state index contributed by atoms with van der Waals surface area (Å²) in [7, 11) is 0. The van der Waals surface area contributed by atoms with Gasteiger partial charge in [0.05, 0.1) is 11.4 Å². The van der Waals surface area contributed by atoms with E-state index in [2.05, 4.69) is 36.0 Å². The number of isocyanates is 2. The molecule has 0 saturated heterocycles. The lowest BCUT2D eigenvalue weighted by molar-refractivity contribution is 0.564. The first-order valence-electron chi connectivity index (χ1n) is 7.89. The van der Waals surface area contributed by atoms with Gasteiger partial charge in [0.2, 0.25) is 12.2 Å². The van der Waals surface area contributed by atoms with Gasteiger partial charge in [0.15, 0.2) is 0 Å². The molecule has 0 fully saturated rings. The van der Waals surface area contributed by atoms with Crippen molar-refractivity contribution in [1.29, 1.82) is 0 Å². The average molecular weight is 370 g/mol. The van der Waals surface area contributed by atoms with Gasteiger partial charge in [-0.25, -0.2) is 9.59 Å². The summed E-state index contributed by atoms with van der Waals surface area (Å²) in [6, 6.07) is 11.8. The lowest BCUT2D eigenvalue weighted by atomic mass is 10.0. The molecule has 0 bridgehead atoms. The minimum absolute atomic E-state index is 0.656. The van der Waals surface area contributed by atoms with E-state index >= 15 is 0 Å². The molecule has 0 unspecified atom stereocenters. The van der Waals surface area contributed by atoms with Crippen LogP contribution in [0.4, 0.5) is 11.4 Å². The molecule has 0 aliphatic carbocycles. The summed E-state index contributed by atoms with van der Waals surface area (Å²) in [6.45, 7) is 4.12. The molecule has 6 heteroatoms. The Kier molecular flexibility index (Phi) is 7.71. The zero-order valence-corrected chi connectivity index (χ0v) is 15.7. The maximum Gasteiger partial charge on any atom is 0.240 e. The van der Waals surface area contributed by atoms with Gasteiger partial charge in [0.1, 0.15) is 0 Å². The highest BCUT2D eigenvalue weighted by atomic mass is 32.2. The van der Waals surface area contributed by atoms with Crippen LogP contribution in [0.15, 0.2) is 56.2 Å². The van der Waals surface area contributed by atoms with Crippen molar-refractivity contribution in [3.05, 3.63) is 47.5 Å². The smallest absolute Gasteiger partial charge is 0.211 e. The molecule has 0 radical (unpaired) electrons. The lowest BCUT2D eigenvalue weighted by Gasteiger charge is -2.09. The molecule has 2 aromatic carbocycles. The molecule has 0 amide bonds. The normalized spacial score (nSPS) is 10.0. The maximum atomic E-state index is 10.6. The molecule has 0 aromatic heterocycles. The number of hydrogen-bond donors (Lipinski definition) is 0. The van der Waals surface area contributed by atoms with Gasteiger partial charge < -0.3 is 0 Å². The quantitative estimate of drug-likeness (QED) is 0.353. The highest BCUT2D eigenvalue weighted by Crippen LogP contribution is 2.33. The third-order valence-electron chi connectivity index (χ3n) is 3.39. The number of hydrogen-bond acceptors (Lipinski definition) is 6. The molecular weight excluding hydrogens is 352 g/mol. The van der Waals surface area contributed by atoms with Gasteiger partial charge in [-0.1, -0.05) is 26.0 Å². The Morgan fingerprint density at radius 3 is 1.60 bits per heavy atom. The summed E-state index contributed by atoms with van der Waals surface area (Å²) in [6.07, 6.45) is 3.97. The van der Waals surface area contributed by atoms with E-state index in [4.69, 9.17) is 0 Å². The van der Waals surface area contributed by atoms with Crippen molar-refractivity contribution in [3.8, 4) is 0 Å². The van der Waals surface area contributed by atoms with E-state index in [1.54, 1.807) is 35.7 Å². The monoisotopic (exact) mass is 370 g/mol. The highest BCUT2D eigenvalue weighted by molar-refractivity contribution is 7.99.